The number of carbonyl (C=O) groups is 4. The minimum Gasteiger partial charge on any atom is -0.480 e. The number of aliphatic carboxylic acids is 1. The van der Waals surface area contributed by atoms with Crippen molar-refractivity contribution in [3.63, 3.8) is 0 Å². The van der Waals surface area contributed by atoms with E-state index in [-0.39, 0.29) is 43.2 Å². The monoisotopic (exact) mass is 481 g/mol. The van der Waals surface area contributed by atoms with Gasteiger partial charge in [0.05, 0.1) is 6.04 Å². The number of guanidine groups is 1. The lowest BCUT2D eigenvalue weighted by Crippen LogP contribution is -2.56. The maximum absolute atomic E-state index is 13.1. The van der Waals surface area contributed by atoms with Crippen molar-refractivity contribution in [2.75, 3.05) is 19.6 Å². The summed E-state index contributed by atoms with van der Waals surface area (Å²) in [6.45, 7) is 5.26. The van der Waals surface area contributed by atoms with E-state index in [4.69, 9.17) is 11.5 Å². The van der Waals surface area contributed by atoms with Crippen LogP contribution in [0.4, 0.5) is 0 Å². The Labute approximate surface area is 200 Å². The van der Waals surface area contributed by atoms with Crippen LogP contribution in [0.5, 0.6) is 0 Å². The van der Waals surface area contributed by atoms with Gasteiger partial charge in [0.25, 0.3) is 0 Å². The zero-order valence-corrected chi connectivity index (χ0v) is 20.1. The van der Waals surface area contributed by atoms with E-state index >= 15 is 0 Å². The fourth-order valence-electron chi connectivity index (χ4n) is 4.40. The Balaban J connectivity index is 2.08. The molecule has 192 valence electrons. The first-order chi connectivity index (χ1) is 16.1. The van der Waals surface area contributed by atoms with Crippen molar-refractivity contribution in [2.45, 2.75) is 83.0 Å². The molecule has 4 unspecified atom stereocenters. The summed E-state index contributed by atoms with van der Waals surface area (Å²) in [6, 6.07) is -2.98. The van der Waals surface area contributed by atoms with E-state index in [1.54, 1.807) is 4.90 Å². The van der Waals surface area contributed by atoms with Gasteiger partial charge in [-0.15, -0.1) is 0 Å². The third-order valence-corrected chi connectivity index (χ3v) is 6.10. The molecule has 3 amide bonds. The standard InChI is InChI=1S/C22H39N7O5/c1-13(2)12-16(21(33)34)28-18(30)14(6-3-10-26-22(23)24)27-19(31)17-8-5-11-29(17)20(32)15-7-4-9-25-15/h13-17,25H,3-12H2,1-2H3,(H,27,31)(H,28,30)(H,33,34)(H4,23,24,26). The van der Waals surface area contributed by atoms with Gasteiger partial charge in [-0.25, -0.2) is 4.79 Å². The van der Waals surface area contributed by atoms with Gasteiger partial charge in [0.1, 0.15) is 18.1 Å². The minimum absolute atomic E-state index is 0.0542. The zero-order valence-electron chi connectivity index (χ0n) is 20.1. The van der Waals surface area contributed by atoms with Crippen LogP contribution in [0.1, 0.15) is 58.8 Å². The van der Waals surface area contributed by atoms with Crippen LogP contribution in [0.2, 0.25) is 0 Å². The minimum atomic E-state index is -1.13. The summed E-state index contributed by atoms with van der Waals surface area (Å²) >= 11 is 0. The molecular weight excluding hydrogens is 442 g/mol. The SMILES string of the molecule is CC(C)CC(NC(=O)C(CCCN=C(N)N)NC(=O)C1CCCN1C(=O)C1CCCN1)C(=O)O. The number of nitrogens with zero attached hydrogens (tertiary/aromatic N) is 2. The topological polar surface area (TPSA) is 192 Å². The Morgan fingerprint density at radius 1 is 1.12 bits per heavy atom. The third kappa shape index (κ3) is 8.15. The number of carboxylic acid groups (broad SMARTS) is 1. The van der Waals surface area contributed by atoms with Crippen LogP contribution in [0, 0.1) is 5.92 Å². The van der Waals surface area contributed by atoms with E-state index in [2.05, 4.69) is 20.9 Å². The van der Waals surface area contributed by atoms with Crippen molar-refractivity contribution in [1.29, 1.82) is 0 Å². The molecule has 0 radical (unpaired) electrons. The van der Waals surface area contributed by atoms with E-state index < -0.39 is 35.9 Å². The van der Waals surface area contributed by atoms with Gasteiger partial charge in [0.2, 0.25) is 17.7 Å². The zero-order chi connectivity index (χ0) is 25.3. The summed E-state index contributed by atoms with van der Waals surface area (Å²) in [7, 11) is 0. The Morgan fingerprint density at radius 2 is 1.85 bits per heavy atom. The van der Waals surface area contributed by atoms with Gasteiger partial charge in [-0.05, 0) is 57.4 Å². The number of nitrogens with two attached hydrogens (primary N) is 2. The molecule has 2 fully saturated rings. The smallest absolute Gasteiger partial charge is 0.326 e. The maximum atomic E-state index is 13.1. The van der Waals surface area contributed by atoms with E-state index in [0.29, 0.717) is 25.8 Å². The predicted molar refractivity (Wildman–Crippen MR) is 127 cm³/mol. The number of hydrogen-bond donors (Lipinski definition) is 6. The second-order valence-electron chi connectivity index (χ2n) is 9.38. The van der Waals surface area contributed by atoms with E-state index in [1.807, 2.05) is 13.8 Å². The third-order valence-electron chi connectivity index (χ3n) is 6.10. The molecule has 0 aliphatic carbocycles. The molecule has 0 bridgehead atoms. The second kappa shape index (κ2) is 13.1. The molecule has 12 nitrogen and oxygen atoms in total. The molecule has 12 heteroatoms. The number of carbonyl (C=O) groups excluding carboxylic acids is 3. The summed E-state index contributed by atoms with van der Waals surface area (Å²) in [5.41, 5.74) is 10.7. The molecule has 0 aromatic heterocycles. The Hall–Kier alpha value is -2.89. The fourth-order valence-corrected chi connectivity index (χ4v) is 4.40. The van der Waals surface area contributed by atoms with Crippen molar-refractivity contribution in [3.05, 3.63) is 0 Å². The molecule has 2 rings (SSSR count). The summed E-state index contributed by atoms with van der Waals surface area (Å²) < 4.78 is 0. The normalized spacial score (nSPS) is 21.7. The lowest BCUT2D eigenvalue weighted by atomic mass is 10.0. The molecule has 2 aliphatic heterocycles. The van der Waals surface area contributed by atoms with Gasteiger partial charge in [0, 0.05) is 13.1 Å². The summed E-state index contributed by atoms with van der Waals surface area (Å²) in [5, 5.41) is 17.9. The number of likely N-dealkylation sites (tertiary alicyclic amines) is 1. The molecule has 2 aliphatic rings. The highest BCUT2D eigenvalue weighted by Crippen LogP contribution is 2.21. The molecule has 0 aromatic carbocycles. The molecular formula is C22H39N7O5. The molecule has 2 heterocycles. The molecule has 0 saturated carbocycles. The van der Waals surface area contributed by atoms with Crippen LogP contribution < -0.4 is 27.4 Å². The van der Waals surface area contributed by atoms with Crippen LogP contribution in [0.25, 0.3) is 0 Å². The first-order valence-corrected chi connectivity index (χ1v) is 12.0. The lowest BCUT2D eigenvalue weighted by molar-refractivity contribution is -0.143. The van der Waals surface area contributed by atoms with Crippen LogP contribution >= 0.6 is 0 Å². The predicted octanol–water partition coefficient (Wildman–Crippen LogP) is -1.12. The van der Waals surface area contributed by atoms with E-state index in [1.165, 1.54) is 0 Å². The Morgan fingerprint density at radius 3 is 2.44 bits per heavy atom. The van der Waals surface area contributed by atoms with Crippen LogP contribution in [-0.4, -0.2) is 83.5 Å². The second-order valence-corrected chi connectivity index (χ2v) is 9.38. The first kappa shape index (κ1) is 27.4. The highest BCUT2D eigenvalue weighted by atomic mass is 16.4. The quantitative estimate of drug-likeness (QED) is 0.115. The van der Waals surface area contributed by atoms with Gasteiger partial charge in [-0.3, -0.25) is 19.4 Å². The van der Waals surface area contributed by atoms with Gasteiger partial charge in [-0.1, -0.05) is 13.8 Å². The average Bonchev–Trinajstić information content (AvgIpc) is 3.46. The number of nitrogens with one attached hydrogen (secondary N) is 3. The van der Waals surface area contributed by atoms with Crippen LogP contribution in [-0.2, 0) is 19.2 Å². The number of aliphatic imine (C=N–C) groups is 1. The molecule has 0 spiro atoms. The van der Waals surface area contributed by atoms with Crippen molar-refractivity contribution >= 4 is 29.7 Å². The van der Waals surface area contributed by atoms with Gasteiger partial charge in [-0.2, -0.15) is 0 Å². The van der Waals surface area contributed by atoms with Gasteiger partial charge < -0.3 is 37.4 Å². The number of amides is 3. The lowest BCUT2D eigenvalue weighted by Gasteiger charge is -2.28. The molecule has 8 N–H and O–H groups in total. The average molecular weight is 482 g/mol. The molecule has 2 saturated heterocycles. The van der Waals surface area contributed by atoms with E-state index in [0.717, 1.165) is 19.4 Å². The Bertz CT molecular complexity index is 763. The number of rotatable bonds is 12. The maximum Gasteiger partial charge on any atom is 0.326 e. The largest absolute Gasteiger partial charge is 0.480 e. The van der Waals surface area contributed by atoms with Crippen LogP contribution in [0.3, 0.4) is 0 Å². The summed E-state index contributed by atoms with van der Waals surface area (Å²) in [5.74, 6) is -2.25. The molecule has 4 atom stereocenters. The highest BCUT2D eigenvalue weighted by Gasteiger charge is 2.39. The number of hydrogen-bond acceptors (Lipinski definition) is 6. The van der Waals surface area contributed by atoms with Gasteiger partial charge >= 0.3 is 5.97 Å². The summed E-state index contributed by atoms with van der Waals surface area (Å²) in [6.07, 6.45) is 3.75. The van der Waals surface area contributed by atoms with Crippen LogP contribution in [0.15, 0.2) is 4.99 Å². The fraction of sp³-hybridized carbons (Fsp3) is 0.773. The molecule has 0 aromatic rings. The molecule has 34 heavy (non-hydrogen) atoms. The van der Waals surface area contributed by atoms with E-state index in [9.17, 15) is 24.3 Å². The highest BCUT2D eigenvalue weighted by molar-refractivity contribution is 5.94. The van der Waals surface area contributed by atoms with Crippen molar-refractivity contribution in [2.24, 2.45) is 22.4 Å². The van der Waals surface area contributed by atoms with Gasteiger partial charge in [0.15, 0.2) is 5.96 Å². The summed E-state index contributed by atoms with van der Waals surface area (Å²) in [4.78, 5) is 56.1. The van der Waals surface area contributed by atoms with Crippen molar-refractivity contribution in [1.82, 2.24) is 20.9 Å². The Kier molecular flexibility index (Phi) is 10.6. The number of carboxylic acids is 1. The van der Waals surface area contributed by atoms with Crippen molar-refractivity contribution < 1.29 is 24.3 Å². The first-order valence-electron chi connectivity index (χ1n) is 12.0. The van der Waals surface area contributed by atoms with Crippen molar-refractivity contribution in [3.8, 4) is 0 Å².